The Morgan fingerprint density at radius 3 is 2.57 bits per heavy atom. The highest BCUT2D eigenvalue weighted by atomic mass is 127. The Hall–Kier alpha value is -2.16. The van der Waals surface area contributed by atoms with E-state index in [9.17, 15) is 4.79 Å². The highest BCUT2D eigenvalue weighted by molar-refractivity contribution is 14.1. The number of carbonyl (C=O) groups is 1. The van der Waals surface area contributed by atoms with Gasteiger partial charge in [0.05, 0.1) is 26.9 Å². The molecule has 0 unspecified atom stereocenters. The number of benzene rings is 2. The zero-order valence-corrected chi connectivity index (χ0v) is 18.5. The molecule has 6 nitrogen and oxygen atoms in total. The summed E-state index contributed by atoms with van der Waals surface area (Å²) in [4.78, 5) is 14.4. The van der Waals surface area contributed by atoms with Crippen molar-refractivity contribution >= 4 is 34.4 Å². The second-order valence-electron chi connectivity index (χ2n) is 6.61. The first-order valence-electron chi connectivity index (χ1n) is 9.20. The molecule has 0 radical (unpaired) electrons. The topological polar surface area (TPSA) is 74.0 Å². The summed E-state index contributed by atoms with van der Waals surface area (Å²) < 4.78 is 17.3. The number of methoxy groups -OCH3 is 2. The molecule has 28 heavy (non-hydrogen) atoms. The third-order valence-electron chi connectivity index (χ3n) is 5.03. The van der Waals surface area contributed by atoms with Gasteiger partial charge in [0.25, 0.3) is 0 Å². The van der Waals surface area contributed by atoms with Gasteiger partial charge >= 0.3 is 6.09 Å². The summed E-state index contributed by atoms with van der Waals surface area (Å²) in [6.45, 7) is 2.73. The first-order chi connectivity index (χ1) is 13.5. The number of hydrogen-bond donors (Lipinski definition) is 1. The maximum Gasteiger partial charge on any atom is 0.410 e. The van der Waals surface area contributed by atoms with Gasteiger partial charge < -0.3 is 24.8 Å². The molecule has 7 heteroatoms. The number of carbonyl (C=O) groups excluding carboxylic acids is 1. The zero-order valence-electron chi connectivity index (χ0n) is 16.3. The van der Waals surface area contributed by atoms with Gasteiger partial charge in [0.15, 0.2) is 11.5 Å². The number of rotatable bonds is 5. The molecule has 0 spiro atoms. The van der Waals surface area contributed by atoms with Gasteiger partial charge in [-0.3, -0.25) is 0 Å². The number of nitrogens with zero attached hydrogens (tertiary/aromatic N) is 1. The number of amides is 1. The summed E-state index contributed by atoms with van der Waals surface area (Å²) >= 11 is 2.24. The fourth-order valence-electron chi connectivity index (χ4n) is 3.63. The summed E-state index contributed by atoms with van der Waals surface area (Å²) in [5.41, 5.74) is 10.2. The van der Waals surface area contributed by atoms with Crippen molar-refractivity contribution < 1.29 is 19.0 Å². The molecule has 0 fully saturated rings. The molecule has 1 aliphatic rings. The highest BCUT2D eigenvalue weighted by Gasteiger charge is 2.33. The Bertz CT molecular complexity index is 872. The number of fused-ring (bicyclic) bond motifs is 1. The van der Waals surface area contributed by atoms with E-state index < -0.39 is 0 Å². The van der Waals surface area contributed by atoms with E-state index in [1.807, 2.05) is 37.3 Å². The summed E-state index contributed by atoms with van der Waals surface area (Å²) in [6.07, 6.45) is 1.02. The van der Waals surface area contributed by atoms with E-state index in [1.165, 1.54) is 0 Å². The monoisotopic (exact) mass is 496 g/mol. The molecule has 1 amide bonds. The second kappa shape index (κ2) is 8.89. The maximum absolute atomic E-state index is 12.6. The second-order valence-corrected chi connectivity index (χ2v) is 7.86. The molecule has 3 rings (SSSR count). The van der Waals surface area contributed by atoms with Gasteiger partial charge in [0.2, 0.25) is 0 Å². The lowest BCUT2D eigenvalue weighted by molar-refractivity contribution is 0.0863. The van der Waals surface area contributed by atoms with Gasteiger partial charge in [0, 0.05) is 15.8 Å². The molecule has 0 aliphatic carbocycles. The van der Waals surface area contributed by atoms with E-state index in [0.717, 1.165) is 32.4 Å². The minimum absolute atomic E-state index is 0.190. The van der Waals surface area contributed by atoms with Crippen LogP contribution in [0.5, 0.6) is 11.5 Å². The number of anilines is 1. The minimum Gasteiger partial charge on any atom is -0.493 e. The first kappa shape index (κ1) is 20.6. The number of nitrogens with two attached hydrogens (primary N) is 1. The van der Waals surface area contributed by atoms with Crippen LogP contribution >= 0.6 is 22.6 Å². The predicted molar refractivity (Wildman–Crippen MR) is 117 cm³/mol. The Morgan fingerprint density at radius 1 is 1.21 bits per heavy atom. The number of halogens is 1. The van der Waals surface area contributed by atoms with Crippen molar-refractivity contribution in [1.82, 2.24) is 4.90 Å². The lowest BCUT2D eigenvalue weighted by Gasteiger charge is -2.37. The fourth-order valence-corrected chi connectivity index (χ4v) is 4.15. The van der Waals surface area contributed by atoms with Crippen LogP contribution in [0.2, 0.25) is 0 Å². The van der Waals surface area contributed by atoms with Gasteiger partial charge in [-0.15, -0.1) is 0 Å². The standard InChI is InChI=1S/C21H25IN2O4/c1-4-28-21(25)24-8-7-13-10-19(26-2)20(27-3)12-16(13)18(24)9-14-5-6-15(22)11-17(14)23/h5-6,10-12,18H,4,7-9,23H2,1-3H3/t18-/m0/s1. The molecule has 150 valence electrons. The fraction of sp³-hybridized carbons (Fsp3) is 0.381. The summed E-state index contributed by atoms with van der Waals surface area (Å²) in [7, 11) is 3.24. The Labute approximate surface area is 179 Å². The lowest BCUT2D eigenvalue weighted by atomic mass is 9.88. The van der Waals surface area contributed by atoms with Crippen molar-refractivity contribution in [2.45, 2.75) is 25.8 Å². The lowest BCUT2D eigenvalue weighted by Crippen LogP contribution is -2.41. The van der Waals surface area contributed by atoms with E-state index in [4.69, 9.17) is 19.9 Å². The zero-order chi connectivity index (χ0) is 20.3. The van der Waals surface area contributed by atoms with Crippen LogP contribution in [0, 0.1) is 3.57 Å². The van der Waals surface area contributed by atoms with Crippen LogP contribution in [0.15, 0.2) is 30.3 Å². The van der Waals surface area contributed by atoms with Crippen molar-refractivity contribution in [3.8, 4) is 11.5 Å². The van der Waals surface area contributed by atoms with E-state index >= 15 is 0 Å². The van der Waals surface area contributed by atoms with Crippen LogP contribution in [-0.4, -0.2) is 38.4 Å². The van der Waals surface area contributed by atoms with Gasteiger partial charge in [-0.1, -0.05) is 6.07 Å². The molecule has 2 aromatic carbocycles. The van der Waals surface area contributed by atoms with E-state index in [1.54, 1.807) is 19.1 Å². The number of hydrogen-bond acceptors (Lipinski definition) is 5. The molecule has 0 saturated heterocycles. The SMILES string of the molecule is CCOC(=O)N1CCc2cc(OC)c(OC)cc2[C@@H]1Cc1ccc(I)cc1N. The number of nitrogen functional groups attached to an aromatic ring is 1. The largest absolute Gasteiger partial charge is 0.493 e. The van der Waals surface area contributed by atoms with Gasteiger partial charge in [-0.25, -0.2) is 4.79 Å². The Balaban J connectivity index is 2.05. The average Bonchev–Trinajstić information content (AvgIpc) is 2.69. The van der Waals surface area contributed by atoms with Gasteiger partial charge in [0.1, 0.15) is 0 Å². The van der Waals surface area contributed by atoms with E-state index in [2.05, 4.69) is 22.6 Å². The van der Waals surface area contributed by atoms with Crippen LogP contribution < -0.4 is 15.2 Å². The molecule has 1 atom stereocenters. The van der Waals surface area contributed by atoms with Crippen LogP contribution in [0.1, 0.15) is 29.7 Å². The average molecular weight is 496 g/mol. The summed E-state index contributed by atoms with van der Waals surface area (Å²) in [5.74, 6) is 1.34. The van der Waals surface area contributed by atoms with Crippen LogP contribution in [-0.2, 0) is 17.6 Å². The molecule has 0 aromatic heterocycles. The van der Waals surface area contributed by atoms with Crippen molar-refractivity contribution in [3.05, 3.63) is 50.6 Å². The molecule has 1 aliphatic heterocycles. The molecule has 0 saturated carbocycles. The van der Waals surface area contributed by atoms with Crippen molar-refractivity contribution in [3.63, 3.8) is 0 Å². The molecule has 2 N–H and O–H groups in total. The van der Waals surface area contributed by atoms with E-state index in [0.29, 0.717) is 31.1 Å². The van der Waals surface area contributed by atoms with Crippen molar-refractivity contribution in [1.29, 1.82) is 0 Å². The molecule has 1 heterocycles. The third-order valence-corrected chi connectivity index (χ3v) is 5.70. The van der Waals surface area contributed by atoms with Crippen molar-refractivity contribution in [2.75, 3.05) is 33.1 Å². The molecular weight excluding hydrogens is 471 g/mol. The van der Waals surface area contributed by atoms with E-state index in [-0.39, 0.29) is 12.1 Å². The van der Waals surface area contributed by atoms with Gasteiger partial charge in [-0.05, 0) is 83.3 Å². The van der Waals surface area contributed by atoms with Crippen LogP contribution in [0.25, 0.3) is 0 Å². The first-order valence-corrected chi connectivity index (χ1v) is 10.3. The normalized spacial score (nSPS) is 15.7. The molecule has 0 bridgehead atoms. The summed E-state index contributed by atoms with van der Waals surface area (Å²) in [6, 6.07) is 9.77. The highest BCUT2D eigenvalue weighted by Crippen LogP contribution is 2.40. The Morgan fingerprint density at radius 2 is 1.93 bits per heavy atom. The molecular formula is C21H25IN2O4. The van der Waals surface area contributed by atoms with Crippen LogP contribution in [0.4, 0.5) is 10.5 Å². The predicted octanol–water partition coefficient (Wildman–Crippen LogP) is 4.19. The third kappa shape index (κ3) is 4.14. The minimum atomic E-state index is -0.308. The van der Waals surface area contributed by atoms with Gasteiger partial charge in [-0.2, -0.15) is 0 Å². The quantitative estimate of drug-likeness (QED) is 0.497. The smallest absolute Gasteiger partial charge is 0.410 e. The summed E-state index contributed by atoms with van der Waals surface area (Å²) in [5, 5.41) is 0. The maximum atomic E-state index is 12.6. The van der Waals surface area contributed by atoms with Crippen LogP contribution in [0.3, 0.4) is 0 Å². The van der Waals surface area contributed by atoms with Crippen molar-refractivity contribution in [2.24, 2.45) is 0 Å². The molecule has 2 aromatic rings. The number of ether oxygens (including phenoxy) is 3. The Kier molecular flexibility index (Phi) is 6.53.